The number of carbonyl (C=O) groups is 1. The summed E-state index contributed by atoms with van der Waals surface area (Å²) >= 11 is 0. The lowest BCUT2D eigenvalue weighted by molar-refractivity contribution is -0.121. The Morgan fingerprint density at radius 1 is 1.40 bits per heavy atom. The summed E-state index contributed by atoms with van der Waals surface area (Å²) in [7, 11) is 0. The molecular formula is C15H23ClN2O2. The SMILES string of the molecule is CCOc1ccc(CC(=O)NC(CN)C2CC2)cc1.Cl. The van der Waals surface area contributed by atoms with Crippen molar-refractivity contribution >= 4 is 18.3 Å². The van der Waals surface area contributed by atoms with E-state index in [-0.39, 0.29) is 24.4 Å². The molecule has 0 radical (unpaired) electrons. The molecule has 20 heavy (non-hydrogen) atoms. The van der Waals surface area contributed by atoms with Gasteiger partial charge in [0.1, 0.15) is 5.75 Å². The second kappa shape index (κ2) is 8.12. The van der Waals surface area contributed by atoms with Gasteiger partial charge in [-0.3, -0.25) is 4.79 Å². The molecule has 1 amide bonds. The lowest BCUT2D eigenvalue weighted by atomic mass is 10.1. The van der Waals surface area contributed by atoms with E-state index in [9.17, 15) is 4.79 Å². The van der Waals surface area contributed by atoms with E-state index in [2.05, 4.69) is 5.32 Å². The summed E-state index contributed by atoms with van der Waals surface area (Å²) in [6.07, 6.45) is 2.77. The van der Waals surface area contributed by atoms with E-state index in [0.29, 0.717) is 25.5 Å². The monoisotopic (exact) mass is 298 g/mol. The van der Waals surface area contributed by atoms with E-state index in [0.717, 1.165) is 11.3 Å². The van der Waals surface area contributed by atoms with Crippen LogP contribution < -0.4 is 15.8 Å². The first-order chi connectivity index (χ1) is 9.22. The summed E-state index contributed by atoms with van der Waals surface area (Å²) in [4.78, 5) is 11.9. The van der Waals surface area contributed by atoms with Gasteiger partial charge in [-0.25, -0.2) is 0 Å². The maximum atomic E-state index is 11.9. The molecule has 0 bridgehead atoms. The van der Waals surface area contributed by atoms with E-state index < -0.39 is 0 Å². The number of hydrogen-bond acceptors (Lipinski definition) is 3. The van der Waals surface area contributed by atoms with Crippen LogP contribution in [0.15, 0.2) is 24.3 Å². The van der Waals surface area contributed by atoms with Crippen LogP contribution in [0.2, 0.25) is 0 Å². The van der Waals surface area contributed by atoms with Crippen molar-refractivity contribution in [1.82, 2.24) is 5.32 Å². The quantitative estimate of drug-likeness (QED) is 0.808. The van der Waals surface area contributed by atoms with Crippen LogP contribution in [-0.4, -0.2) is 25.1 Å². The minimum absolute atomic E-state index is 0. The normalized spacial score (nSPS) is 15.1. The van der Waals surface area contributed by atoms with Crippen molar-refractivity contribution in [3.8, 4) is 5.75 Å². The van der Waals surface area contributed by atoms with E-state index in [1.807, 2.05) is 31.2 Å². The third kappa shape index (κ3) is 5.02. The highest BCUT2D eigenvalue weighted by Crippen LogP contribution is 2.32. The highest BCUT2D eigenvalue weighted by molar-refractivity contribution is 5.85. The van der Waals surface area contributed by atoms with Crippen LogP contribution in [0.5, 0.6) is 5.75 Å². The van der Waals surface area contributed by atoms with Crippen LogP contribution in [0.3, 0.4) is 0 Å². The molecular weight excluding hydrogens is 276 g/mol. The third-order valence-electron chi connectivity index (χ3n) is 3.39. The number of rotatable bonds is 7. The maximum absolute atomic E-state index is 11.9. The fourth-order valence-electron chi connectivity index (χ4n) is 2.18. The molecule has 1 aromatic rings. The van der Waals surface area contributed by atoms with Gasteiger partial charge in [0.05, 0.1) is 13.0 Å². The van der Waals surface area contributed by atoms with Crippen molar-refractivity contribution < 1.29 is 9.53 Å². The molecule has 3 N–H and O–H groups in total. The Morgan fingerprint density at radius 2 is 2.05 bits per heavy atom. The molecule has 1 saturated carbocycles. The average Bonchev–Trinajstić information content (AvgIpc) is 3.23. The van der Waals surface area contributed by atoms with Gasteiger partial charge in [-0.2, -0.15) is 0 Å². The average molecular weight is 299 g/mol. The Bertz CT molecular complexity index is 418. The Kier molecular flexibility index (Phi) is 6.82. The van der Waals surface area contributed by atoms with Crippen molar-refractivity contribution in [2.24, 2.45) is 11.7 Å². The molecule has 0 heterocycles. The van der Waals surface area contributed by atoms with Crippen molar-refractivity contribution in [3.05, 3.63) is 29.8 Å². The first-order valence-electron chi connectivity index (χ1n) is 6.94. The lowest BCUT2D eigenvalue weighted by Gasteiger charge is -2.16. The molecule has 5 heteroatoms. The molecule has 0 saturated heterocycles. The third-order valence-corrected chi connectivity index (χ3v) is 3.39. The van der Waals surface area contributed by atoms with Crippen molar-refractivity contribution in [2.75, 3.05) is 13.2 Å². The van der Waals surface area contributed by atoms with E-state index in [4.69, 9.17) is 10.5 Å². The van der Waals surface area contributed by atoms with Crippen LogP contribution in [0.4, 0.5) is 0 Å². The molecule has 112 valence electrons. The highest BCUT2D eigenvalue weighted by Gasteiger charge is 2.31. The summed E-state index contributed by atoms with van der Waals surface area (Å²) in [5.74, 6) is 1.48. The van der Waals surface area contributed by atoms with Gasteiger partial charge in [-0.1, -0.05) is 12.1 Å². The number of amides is 1. The molecule has 1 unspecified atom stereocenters. The summed E-state index contributed by atoms with van der Waals surface area (Å²) in [6.45, 7) is 3.13. The first-order valence-corrected chi connectivity index (χ1v) is 6.94. The molecule has 1 aliphatic carbocycles. The standard InChI is InChI=1S/C15H22N2O2.ClH/c1-2-19-13-7-3-11(4-8-13)9-15(18)17-14(10-16)12-5-6-12;/h3-4,7-8,12,14H,2,5-6,9-10,16H2,1H3,(H,17,18);1H. The van der Waals surface area contributed by atoms with Gasteiger partial charge < -0.3 is 15.8 Å². The zero-order valence-corrected chi connectivity index (χ0v) is 12.6. The van der Waals surface area contributed by atoms with Gasteiger partial charge in [-0.15, -0.1) is 12.4 Å². The molecule has 2 rings (SSSR count). The fraction of sp³-hybridized carbons (Fsp3) is 0.533. The summed E-state index contributed by atoms with van der Waals surface area (Å²) in [6, 6.07) is 7.80. The number of nitrogens with one attached hydrogen (secondary N) is 1. The number of ether oxygens (including phenoxy) is 1. The Labute approximate surface area is 126 Å². The molecule has 4 nitrogen and oxygen atoms in total. The molecule has 1 fully saturated rings. The Balaban J connectivity index is 0.00000200. The van der Waals surface area contributed by atoms with Gasteiger partial charge in [0.25, 0.3) is 0 Å². The number of nitrogens with two attached hydrogens (primary N) is 1. The Morgan fingerprint density at radius 3 is 2.55 bits per heavy atom. The molecule has 0 aromatic heterocycles. The van der Waals surface area contributed by atoms with E-state index >= 15 is 0 Å². The second-order valence-corrected chi connectivity index (χ2v) is 5.00. The van der Waals surface area contributed by atoms with Crippen LogP contribution >= 0.6 is 12.4 Å². The molecule has 1 aliphatic rings. The van der Waals surface area contributed by atoms with Crippen LogP contribution in [0.1, 0.15) is 25.3 Å². The van der Waals surface area contributed by atoms with Crippen molar-refractivity contribution in [1.29, 1.82) is 0 Å². The van der Waals surface area contributed by atoms with Crippen LogP contribution in [0, 0.1) is 5.92 Å². The molecule has 1 atom stereocenters. The van der Waals surface area contributed by atoms with Crippen LogP contribution in [-0.2, 0) is 11.2 Å². The number of halogens is 1. The van der Waals surface area contributed by atoms with Crippen LogP contribution in [0.25, 0.3) is 0 Å². The van der Waals surface area contributed by atoms with Gasteiger partial charge in [-0.05, 0) is 43.4 Å². The Hall–Kier alpha value is -1.26. The summed E-state index contributed by atoms with van der Waals surface area (Å²) in [5, 5.41) is 3.02. The smallest absolute Gasteiger partial charge is 0.224 e. The highest BCUT2D eigenvalue weighted by atomic mass is 35.5. The molecule has 0 spiro atoms. The zero-order chi connectivity index (χ0) is 13.7. The van der Waals surface area contributed by atoms with Crippen molar-refractivity contribution in [3.63, 3.8) is 0 Å². The minimum Gasteiger partial charge on any atom is -0.494 e. The largest absolute Gasteiger partial charge is 0.494 e. The van der Waals surface area contributed by atoms with E-state index in [1.165, 1.54) is 12.8 Å². The predicted molar refractivity (Wildman–Crippen MR) is 82.3 cm³/mol. The van der Waals surface area contributed by atoms with Gasteiger partial charge in [0, 0.05) is 12.6 Å². The lowest BCUT2D eigenvalue weighted by Crippen LogP contribution is -2.42. The first kappa shape index (κ1) is 16.8. The van der Waals surface area contributed by atoms with Gasteiger partial charge in [0.15, 0.2) is 0 Å². The number of benzene rings is 1. The number of hydrogen-bond donors (Lipinski definition) is 2. The molecule has 0 aliphatic heterocycles. The fourth-order valence-corrected chi connectivity index (χ4v) is 2.18. The summed E-state index contributed by atoms with van der Waals surface area (Å²) < 4.78 is 5.37. The van der Waals surface area contributed by atoms with Crippen molar-refractivity contribution in [2.45, 2.75) is 32.2 Å². The number of carbonyl (C=O) groups excluding carboxylic acids is 1. The van der Waals surface area contributed by atoms with E-state index in [1.54, 1.807) is 0 Å². The minimum atomic E-state index is 0. The molecule has 1 aromatic carbocycles. The zero-order valence-electron chi connectivity index (χ0n) is 11.8. The predicted octanol–water partition coefficient (Wildman–Crippen LogP) is 1.90. The van der Waals surface area contributed by atoms with Gasteiger partial charge >= 0.3 is 0 Å². The second-order valence-electron chi connectivity index (χ2n) is 5.00. The topological polar surface area (TPSA) is 64.3 Å². The van der Waals surface area contributed by atoms with Gasteiger partial charge in [0.2, 0.25) is 5.91 Å². The maximum Gasteiger partial charge on any atom is 0.224 e. The summed E-state index contributed by atoms with van der Waals surface area (Å²) in [5.41, 5.74) is 6.67.